The van der Waals surface area contributed by atoms with Gasteiger partial charge in [0.25, 0.3) is 0 Å². The molecule has 0 radical (unpaired) electrons. The van der Waals surface area contributed by atoms with Crippen molar-refractivity contribution >= 4 is 22.9 Å². The van der Waals surface area contributed by atoms with E-state index in [1.165, 1.54) is 18.2 Å². The van der Waals surface area contributed by atoms with Gasteiger partial charge >= 0.3 is 0 Å². The first kappa shape index (κ1) is 11.6. The zero-order valence-electron chi connectivity index (χ0n) is 8.71. The van der Waals surface area contributed by atoms with Crippen LogP contribution >= 0.6 is 22.9 Å². The quantitative estimate of drug-likeness (QED) is 0.866. The molecule has 0 aliphatic heterocycles. The minimum absolute atomic E-state index is 0.317. The summed E-state index contributed by atoms with van der Waals surface area (Å²) >= 11 is 7.60. The molecule has 84 valence electrons. The number of thiophene rings is 1. The first-order chi connectivity index (χ1) is 7.59. The van der Waals surface area contributed by atoms with E-state index in [0.717, 1.165) is 11.1 Å². The van der Waals surface area contributed by atoms with Crippen molar-refractivity contribution in [1.29, 1.82) is 0 Å². The molecule has 4 heteroatoms. The third kappa shape index (κ3) is 2.12. The van der Waals surface area contributed by atoms with E-state index in [4.69, 9.17) is 17.3 Å². The highest BCUT2D eigenvalue weighted by Gasteiger charge is 2.15. The molecule has 1 aromatic carbocycles. The van der Waals surface area contributed by atoms with Crippen LogP contribution in [-0.4, -0.2) is 0 Å². The number of benzene rings is 1. The van der Waals surface area contributed by atoms with Crippen LogP contribution in [-0.2, 0) is 0 Å². The van der Waals surface area contributed by atoms with Crippen molar-refractivity contribution in [3.63, 3.8) is 0 Å². The second-order valence-corrected chi connectivity index (χ2v) is 4.80. The van der Waals surface area contributed by atoms with Crippen LogP contribution in [0.15, 0.2) is 29.0 Å². The van der Waals surface area contributed by atoms with Crippen LogP contribution in [0.2, 0.25) is 5.02 Å². The van der Waals surface area contributed by atoms with Crippen LogP contribution in [0.3, 0.4) is 0 Å². The van der Waals surface area contributed by atoms with Gasteiger partial charge in [-0.15, -0.1) is 0 Å². The van der Waals surface area contributed by atoms with E-state index in [9.17, 15) is 4.39 Å². The van der Waals surface area contributed by atoms with Gasteiger partial charge in [-0.2, -0.15) is 11.3 Å². The lowest BCUT2D eigenvalue weighted by atomic mass is 9.99. The molecule has 0 saturated carbocycles. The molecule has 1 nitrogen and oxygen atoms in total. The van der Waals surface area contributed by atoms with Crippen molar-refractivity contribution in [3.8, 4) is 0 Å². The number of hydrogen-bond acceptors (Lipinski definition) is 2. The zero-order valence-corrected chi connectivity index (χ0v) is 10.3. The van der Waals surface area contributed by atoms with E-state index >= 15 is 0 Å². The molecule has 0 aliphatic carbocycles. The molecule has 1 atom stereocenters. The third-order valence-corrected chi connectivity index (χ3v) is 3.75. The van der Waals surface area contributed by atoms with Crippen LogP contribution in [0.25, 0.3) is 0 Å². The van der Waals surface area contributed by atoms with Gasteiger partial charge in [-0.05, 0) is 52.6 Å². The predicted molar refractivity (Wildman–Crippen MR) is 66.5 cm³/mol. The molecule has 1 heterocycles. The summed E-state index contributed by atoms with van der Waals surface area (Å²) in [6, 6.07) is 3.89. The molecule has 0 fully saturated rings. The smallest absolute Gasteiger partial charge is 0.123 e. The van der Waals surface area contributed by atoms with Crippen LogP contribution in [0.4, 0.5) is 4.39 Å². The lowest BCUT2D eigenvalue weighted by Gasteiger charge is -2.13. The highest BCUT2D eigenvalue weighted by Crippen LogP contribution is 2.30. The molecule has 0 aliphatic rings. The summed E-state index contributed by atoms with van der Waals surface area (Å²) in [6.45, 7) is 1.99. The highest BCUT2D eigenvalue weighted by molar-refractivity contribution is 7.08. The monoisotopic (exact) mass is 255 g/mol. The summed E-state index contributed by atoms with van der Waals surface area (Å²) in [7, 11) is 0. The molecular formula is C12H11ClFNS. The maximum atomic E-state index is 13.1. The Balaban J connectivity index is 2.45. The molecule has 16 heavy (non-hydrogen) atoms. The zero-order chi connectivity index (χ0) is 11.7. The Bertz CT molecular complexity index is 509. The number of halogens is 2. The van der Waals surface area contributed by atoms with Crippen LogP contribution in [0.1, 0.15) is 22.7 Å². The average molecular weight is 256 g/mol. The Morgan fingerprint density at radius 3 is 2.69 bits per heavy atom. The first-order valence-electron chi connectivity index (χ1n) is 4.83. The largest absolute Gasteiger partial charge is 0.320 e. The lowest BCUT2D eigenvalue weighted by Crippen LogP contribution is -2.12. The van der Waals surface area contributed by atoms with Crippen molar-refractivity contribution in [1.82, 2.24) is 0 Å². The molecule has 0 saturated heterocycles. The Labute approximate surface area is 103 Å². The molecule has 0 bridgehead atoms. The van der Waals surface area contributed by atoms with Gasteiger partial charge in [-0.3, -0.25) is 0 Å². The fourth-order valence-electron chi connectivity index (χ4n) is 1.61. The van der Waals surface area contributed by atoms with E-state index in [1.54, 1.807) is 11.3 Å². The van der Waals surface area contributed by atoms with Gasteiger partial charge in [0, 0.05) is 5.02 Å². The Morgan fingerprint density at radius 2 is 2.06 bits per heavy atom. The van der Waals surface area contributed by atoms with Crippen molar-refractivity contribution < 1.29 is 4.39 Å². The predicted octanol–water partition coefficient (Wildman–Crippen LogP) is 3.90. The molecule has 1 unspecified atom stereocenters. The van der Waals surface area contributed by atoms with Gasteiger partial charge in [-0.25, -0.2) is 4.39 Å². The summed E-state index contributed by atoms with van der Waals surface area (Å²) in [6.07, 6.45) is 0. The molecule has 1 aromatic heterocycles. The number of aryl methyl sites for hydroxylation is 1. The van der Waals surface area contributed by atoms with Crippen LogP contribution in [0.5, 0.6) is 0 Å². The first-order valence-corrected chi connectivity index (χ1v) is 6.15. The summed E-state index contributed by atoms with van der Waals surface area (Å²) in [4.78, 5) is 0. The lowest BCUT2D eigenvalue weighted by molar-refractivity contribution is 0.623. The molecular weight excluding hydrogens is 245 g/mol. The molecule has 0 amide bonds. The van der Waals surface area contributed by atoms with Gasteiger partial charge in [-0.1, -0.05) is 11.6 Å². The van der Waals surface area contributed by atoms with Crippen LogP contribution < -0.4 is 5.73 Å². The van der Waals surface area contributed by atoms with Crippen molar-refractivity contribution in [2.45, 2.75) is 13.0 Å². The average Bonchev–Trinajstić information content (AvgIpc) is 2.67. The standard InChI is InChI=1S/C12H11ClFNS/c1-7-5-16-6-10(7)12(15)9-4-8(14)2-3-11(9)13/h2-6,12H,15H2,1H3. The summed E-state index contributed by atoms with van der Waals surface area (Å²) in [5.74, 6) is -0.317. The normalized spacial score (nSPS) is 12.8. The van der Waals surface area contributed by atoms with Gasteiger partial charge < -0.3 is 5.73 Å². The fraction of sp³-hybridized carbons (Fsp3) is 0.167. The number of rotatable bonds is 2. The summed E-state index contributed by atoms with van der Waals surface area (Å²) in [5, 5.41) is 4.49. The maximum absolute atomic E-state index is 13.1. The molecule has 2 aromatic rings. The van der Waals surface area contributed by atoms with E-state index in [0.29, 0.717) is 10.6 Å². The molecule has 0 spiro atoms. The Kier molecular flexibility index (Phi) is 3.28. The van der Waals surface area contributed by atoms with Gasteiger partial charge in [0.05, 0.1) is 6.04 Å². The maximum Gasteiger partial charge on any atom is 0.123 e. The van der Waals surface area contributed by atoms with E-state index in [-0.39, 0.29) is 11.9 Å². The highest BCUT2D eigenvalue weighted by atomic mass is 35.5. The van der Waals surface area contributed by atoms with Crippen LogP contribution in [0, 0.1) is 12.7 Å². The second kappa shape index (κ2) is 4.53. The Morgan fingerprint density at radius 1 is 1.31 bits per heavy atom. The second-order valence-electron chi connectivity index (χ2n) is 3.65. The minimum atomic E-state index is -0.366. The number of hydrogen-bond donors (Lipinski definition) is 1. The van der Waals surface area contributed by atoms with E-state index in [2.05, 4.69) is 0 Å². The fourth-order valence-corrected chi connectivity index (χ4v) is 2.73. The van der Waals surface area contributed by atoms with Crippen molar-refractivity contribution in [2.24, 2.45) is 5.73 Å². The van der Waals surface area contributed by atoms with Crippen molar-refractivity contribution in [2.75, 3.05) is 0 Å². The molecule has 2 N–H and O–H groups in total. The van der Waals surface area contributed by atoms with Gasteiger partial charge in [0.2, 0.25) is 0 Å². The topological polar surface area (TPSA) is 26.0 Å². The Hall–Kier alpha value is -0.900. The molecule has 2 rings (SSSR count). The summed E-state index contributed by atoms with van der Waals surface area (Å²) < 4.78 is 13.1. The SMILES string of the molecule is Cc1cscc1C(N)c1cc(F)ccc1Cl. The van der Waals surface area contributed by atoms with Crippen molar-refractivity contribution in [3.05, 3.63) is 56.5 Å². The third-order valence-electron chi connectivity index (χ3n) is 2.52. The number of nitrogens with two attached hydrogens (primary N) is 1. The van der Waals surface area contributed by atoms with Gasteiger partial charge in [0.1, 0.15) is 5.82 Å². The van der Waals surface area contributed by atoms with E-state index in [1.807, 2.05) is 17.7 Å². The van der Waals surface area contributed by atoms with E-state index < -0.39 is 0 Å². The van der Waals surface area contributed by atoms with Gasteiger partial charge in [0.15, 0.2) is 0 Å². The summed E-state index contributed by atoms with van der Waals surface area (Å²) in [5.41, 5.74) is 8.82. The minimum Gasteiger partial charge on any atom is -0.320 e.